The van der Waals surface area contributed by atoms with E-state index in [2.05, 4.69) is 25.1 Å². The van der Waals surface area contributed by atoms with Gasteiger partial charge in [0.05, 0.1) is 22.3 Å². The molecule has 0 unspecified atom stereocenters. The average molecular weight is 708 g/mol. The number of primary sulfonamides is 1. The van der Waals surface area contributed by atoms with Gasteiger partial charge in [0.1, 0.15) is 22.0 Å². The molecule has 0 amide bonds. The summed E-state index contributed by atoms with van der Waals surface area (Å²) in [6.45, 7) is 0. The standard InChI is InChI=1S/C25H14ClF3N2O2.C8H7N3O2S2/c26-22-7-5-17-11-15-3-1-2-4-16(15)12-21(17)24(22)32-23-8-6-19(33-25(27,28)29)13-20(23)18-9-10-30-31-14-18;9-15(12,13)7-4-2-1-3-6(7)8-11-10-5-14-8/h1-14H;1-5H,(H2,9,12,13). The molecule has 0 radical (unpaired) electrons. The van der Waals surface area contributed by atoms with Crippen molar-refractivity contribution in [3.63, 3.8) is 0 Å². The second-order valence-corrected chi connectivity index (χ2v) is 12.8. The molecule has 0 aliphatic rings. The van der Waals surface area contributed by atoms with Crippen LogP contribution in [0.4, 0.5) is 13.2 Å². The number of nitrogens with two attached hydrogens (primary N) is 1. The summed E-state index contributed by atoms with van der Waals surface area (Å²) in [5.74, 6) is 0.310. The van der Waals surface area contributed by atoms with Crippen LogP contribution in [0, 0.1) is 0 Å². The van der Waals surface area contributed by atoms with Crippen LogP contribution < -0.4 is 14.6 Å². The van der Waals surface area contributed by atoms with Crippen molar-refractivity contribution in [3.05, 3.63) is 120 Å². The van der Waals surface area contributed by atoms with E-state index >= 15 is 0 Å². The Kier molecular flexibility index (Phi) is 9.24. The molecule has 2 N–H and O–H groups in total. The molecule has 0 saturated heterocycles. The number of aromatic nitrogens is 4. The summed E-state index contributed by atoms with van der Waals surface area (Å²) < 4.78 is 71.2. The molecule has 242 valence electrons. The van der Waals surface area contributed by atoms with Crippen molar-refractivity contribution in [3.8, 4) is 38.9 Å². The van der Waals surface area contributed by atoms with Crippen LogP contribution in [0.15, 0.2) is 120 Å². The minimum atomic E-state index is -4.82. The summed E-state index contributed by atoms with van der Waals surface area (Å²) in [4.78, 5) is 0.0711. The number of sulfonamides is 1. The van der Waals surface area contributed by atoms with Crippen molar-refractivity contribution < 1.29 is 31.1 Å². The number of fused-ring (bicyclic) bond motifs is 2. The van der Waals surface area contributed by atoms with E-state index in [1.807, 2.05) is 42.5 Å². The molecule has 2 aromatic heterocycles. The summed E-state index contributed by atoms with van der Waals surface area (Å²) >= 11 is 7.76. The molecule has 7 aromatic rings. The zero-order valence-corrected chi connectivity index (χ0v) is 26.7. The number of alkyl halides is 3. The van der Waals surface area contributed by atoms with Gasteiger partial charge in [-0.15, -0.1) is 23.4 Å². The summed E-state index contributed by atoms with van der Waals surface area (Å²) in [7, 11) is -3.72. The molecule has 0 aliphatic carbocycles. The Hall–Kier alpha value is -5.15. The van der Waals surface area contributed by atoms with Gasteiger partial charge in [0.25, 0.3) is 0 Å². The van der Waals surface area contributed by atoms with Crippen LogP contribution in [0.3, 0.4) is 0 Å². The first kappa shape index (κ1) is 32.8. The van der Waals surface area contributed by atoms with Gasteiger partial charge in [-0.1, -0.05) is 71.5 Å². The highest BCUT2D eigenvalue weighted by atomic mass is 35.5. The molecule has 0 fully saturated rings. The van der Waals surface area contributed by atoms with Crippen molar-refractivity contribution in [1.29, 1.82) is 0 Å². The second kappa shape index (κ2) is 13.5. The van der Waals surface area contributed by atoms with Gasteiger partial charge in [-0.05, 0) is 64.7 Å². The number of rotatable bonds is 6. The Bertz CT molecular complexity index is 2340. The Morgan fingerprint density at radius 1 is 0.792 bits per heavy atom. The molecular formula is C33H21ClF3N5O4S2. The molecule has 0 saturated carbocycles. The predicted octanol–water partition coefficient (Wildman–Crippen LogP) is 8.65. The molecule has 7 rings (SSSR count). The maximum atomic E-state index is 12.8. The van der Waals surface area contributed by atoms with Crippen LogP contribution >= 0.6 is 22.9 Å². The quantitative estimate of drug-likeness (QED) is 0.170. The number of benzene rings is 5. The lowest BCUT2D eigenvalue weighted by Crippen LogP contribution is -2.17. The van der Waals surface area contributed by atoms with E-state index in [4.69, 9.17) is 21.5 Å². The van der Waals surface area contributed by atoms with Crippen molar-refractivity contribution in [2.24, 2.45) is 5.14 Å². The fraction of sp³-hybridized carbons (Fsp3) is 0.0303. The van der Waals surface area contributed by atoms with Crippen LogP contribution in [-0.4, -0.2) is 35.2 Å². The molecule has 0 spiro atoms. The smallest absolute Gasteiger partial charge is 0.454 e. The predicted molar refractivity (Wildman–Crippen MR) is 177 cm³/mol. The van der Waals surface area contributed by atoms with Gasteiger partial charge in [0, 0.05) is 22.1 Å². The van der Waals surface area contributed by atoms with Gasteiger partial charge in [-0.25, -0.2) is 13.6 Å². The number of hydrogen-bond acceptors (Lipinski definition) is 9. The largest absolute Gasteiger partial charge is 0.573 e. The lowest BCUT2D eigenvalue weighted by atomic mass is 10.0. The Morgan fingerprint density at radius 2 is 1.54 bits per heavy atom. The van der Waals surface area contributed by atoms with Gasteiger partial charge in [-0.2, -0.15) is 10.2 Å². The maximum Gasteiger partial charge on any atom is 0.573 e. The zero-order chi connectivity index (χ0) is 33.9. The lowest BCUT2D eigenvalue weighted by Gasteiger charge is -2.17. The normalized spacial score (nSPS) is 11.6. The highest BCUT2D eigenvalue weighted by Gasteiger charge is 2.31. The van der Waals surface area contributed by atoms with E-state index in [0.29, 0.717) is 38.2 Å². The fourth-order valence-electron chi connectivity index (χ4n) is 4.83. The van der Waals surface area contributed by atoms with Crippen LogP contribution in [-0.2, 0) is 10.0 Å². The number of ether oxygens (including phenoxy) is 2. The average Bonchev–Trinajstić information content (AvgIpc) is 3.61. The zero-order valence-electron chi connectivity index (χ0n) is 24.3. The summed E-state index contributed by atoms with van der Waals surface area (Å²) in [6, 6.07) is 27.4. The third-order valence-electron chi connectivity index (χ3n) is 6.86. The van der Waals surface area contributed by atoms with Gasteiger partial charge in [0.2, 0.25) is 10.0 Å². The van der Waals surface area contributed by atoms with Gasteiger partial charge >= 0.3 is 6.36 Å². The van der Waals surface area contributed by atoms with Crippen molar-refractivity contribution in [2.75, 3.05) is 0 Å². The van der Waals surface area contributed by atoms with E-state index in [0.717, 1.165) is 21.5 Å². The van der Waals surface area contributed by atoms with Gasteiger partial charge in [0.15, 0.2) is 5.75 Å². The van der Waals surface area contributed by atoms with Crippen LogP contribution in [0.25, 0.3) is 43.2 Å². The molecule has 2 heterocycles. The first-order chi connectivity index (χ1) is 23.0. The lowest BCUT2D eigenvalue weighted by molar-refractivity contribution is -0.274. The minimum absolute atomic E-state index is 0.0711. The summed E-state index contributed by atoms with van der Waals surface area (Å²) in [5.41, 5.74) is 2.88. The molecule has 15 heteroatoms. The van der Waals surface area contributed by atoms with Crippen molar-refractivity contribution in [2.45, 2.75) is 11.3 Å². The van der Waals surface area contributed by atoms with Gasteiger partial charge < -0.3 is 9.47 Å². The van der Waals surface area contributed by atoms with E-state index in [-0.39, 0.29) is 10.6 Å². The van der Waals surface area contributed by atoms with Crippen LogP contribution in [0.1, 0.15) is 0 Å². The van der Waals surface area contributed by atoms with E-state index in [9.17, 15) is 21.6 Å². The highest BCUT2D eigenvalue weighted by Crippen LogP contribution is 2.43. The third kappa shape index (κ3) is 7.52. The Morgan fingerprint density at radius 3 is 2.23 bits per heavy atom. The van der Waals surface area contributed by atoms with Gasteiger partial charge in [-0.3, -0.25) is 0 Å². The first-order valence-corrected chi connectivity index (χ1v) is 16.6. The highest BCUT2D eigenvalue weighted by molar-refractivity contribution is 7.89. The Labute approximate surface area is 280 Å². The molecule has 0 aliphatic heterocycles. The van der Waals surface area contributed by atoms with E-state index in [1.165, 1.54) is 53.5 Å². The molecular weight excluding hydrogens is 687 g/mol. The third-order valence-corrected chi connectivity index (χ3v) is 8.86. The SMILES string of the molecule is FC(F)(F)Oc1ccc(Oc2c(Cl)ccc3cc4ccccc4cc23)c(-c2ccnnc2)c1.NS(=O)(=O)c1ccccc1-c1nncs1. The maximum absolute atomic E-state index is 12.8. The van der Waals surface area contributed by atoms with E-state index < -0.39 is 16.4 Å². The van der Waals surface area contributed by atoms with Crippen LogP contribution in [0.2, 0.25) is 5.02 Å². The van der Waals surface area contributed by atoms with Crippen molar-refractivity contribution >= 4 is 54.5 Å². The molecule has 0 atom stereocenters. The molecule has 0 bridgehead atoms. The van der Waals surface area contributed by atoms with Crippen LogP contribution in [0.5, 0.6) is 17.2 Å². The van der Waals surface area contributed by atoms with E-state index in [1.54, 1.807) is 30.3 Å². The minimum Gasteiger partial charge on any atom is -0.454 e. The number of halogens is 4. The fourth-order valence-corrected chi connectivity index (χ4v) is 6.43. The number of hydrogen-bond donors (Lipinski definition) is 1. The number of nitrogens with zero attached hydrogens (tertiary/aromatic N) is 4. The Balaban J connectivity index is 0.000000223. The topological polar surface area (TPSA) is 130 Å². The van der Waals surface area contributed by atoms with Crippen molar-refractivity contribution in [1.82, 2.24) is 20.4 Å². The molecule has 48 heavy (non-hydrogen) atoms. The summed E-state index contributed by atoms with van der Waals surface area (Å²) in [5, 5.41) is 24.8. The first-order valence-electron chi connectivity index (χ1n) is 13.8. The summed E-state index contributed by atoms with van der Waals surface area (Å²) in [6.07, 6.45) is -1.96. The molecule has 5 aromatic carbocycles. The molecule has 9 nitrogen and oxygen atoms in total. The monoisotopic (exact) mass is 707 g/mol. The second-order valence-electron chi connectivity index (χ2n) is 10.0.